The minimum atomic E-state index is -0.436. The minimum Gasteiger partial charge on any atom is -0.487 e. The number of nitrogen functional groups attached to an aromatic ring is 1. The molecule has 2 nitrogen and oxygen atoms in total. The zero-order valence-corrected chi connectivity index (χ0v) is 9.75. The normalized spacial score (nSPS) is 10.2. The van der Waals surface area contributed by atoms with E-state index in [9.17, 15) is 4.39 Å². The number of hydrogen-bond acceptors (Lipinski definition) is 2. The predicted octanol–water partition coefficient (Wildman–Crippen LogP) is 3.64. The molecule has 0 aliphatic heterocycles. The van der Waals surface area contributed by atoms with Crippen LogP contribution in [0.4, 0.5) is 10.1 Å². The minimum absolute atomic E-state index is 0.0899. The second-order valence-corrected chi connectivity index (χ2v) is 3.98. The first-order valence-corrected chi connectivity index (χ1v) is 5.46. The number of benzene rings is 2. The van der Waals surface area contributed by atoms with Crippen LogP contribution in [0.2, 0.25) is 5.02 Å². The van der Waals surface area contributed by atoms with Crippen LogP contribution in [0.1, 0.15) is 5.56 Å². The van der Waals surface area contributed by atoms with Crippen molar-refractivity contribution in [2.45, 2.75) is 6.61 Å². The van der Waals surface area contributed by atoms with Gasteiger partial charge in [-0.15, -0.1) is 0 Å². The Morgan fingerprint density at radius 3 is 2.65 bits per heavy atom. The molecule has 0 unspecified atom stereocenters. The highest BCUT2D eigenvalue weighted by atomic mass is 35.5. The molecule has 2 rings (SSSR count). The molecule has 88 valence electrons. The van der Waals surface area contributed by atoms with Crippen LogP contribution in [0.3, 0.4) is 0 Å². The number of anilines is 1. The molecule has 2 aromatic rings. The molecule has 0 aliphatic carbocycles. The third-order valence-electron chi connectivity index (χ3n) is 2.30. The Hall–Kier alpha value is -1.74. The second-order valence-electron chi connectivity index (χ2n) is 3.57. The van der Waals surface area contributed by atoms with E-state index in [0.29, 0.717) is 18.0 Å². The molecule has 4 heteroatoms. The summed E-state index contributed by atoms with van der Waals surface area (Å²) in [5.74, 6) is 0.169. The van der Waals surface area contributed by atoms with Gasteiger partial charge < -0.3 is 10.5 Å². The fraction of sp³-hybridized carbons (Fsp3) is 0.0769. The van der Waals surface area contributed by atoms with Gasteiger partial charge >= 0.3 is 0 Å². The van der Waals surface area contributed by atoms with E-state index in [1.54, 1.807) is 18.2 Å². The molecule has 0 amide bonds. The zero-order valence-electron chi connectivity index (χ0n) is 8.99. The fourth-order valence-electron chi connectivity index (χ4n) is 1.40. The lowest BCUT2D eigenvalue weighted by Crippen LogP contribution is -1.98. The van der Waals surface area contributed by atoms with Crippen molar-refractivity contribution in [3.8, 4) is 5.75 Å². The smallest absolute Gasteiger partial charge is 0.142 e. The summed E-state index contributed by atoms with van der Waals surface area (Å²) < 4.78 is 18.4. The Labute approximate surface area is 104 Å². The average Bonchev–Trinajstić information content (AvgIpc) is 2.32. The van der Waals surface area contributed by atoms with Crippen molar-refractivity contribution in [3.63, 3.8) is 0 Å². The number of para-hydroxylation sites is 2. The van der Waals surface area contributed by atoms with Crippen molar-refractivity contribution < 1.29 is 9.13 Å². The van der Waals surface area contributed by atoms with Gasteiger partial charge in [-0.25, -0.2) is 4.39 Å². The maximum absolute atomic E-state index is 12.9. The van der Waals surface area contributed by atoms with Crippen molar-refractivity contribution in [2.24, 2.45) is 0 Å². The van der Waals surface area contributed by atoms with Gasteiger partial charge in [0.05, 0.1) is 10.7 Å². The summed E-state index contributed by atoms with van der Waals surface area (Å²) in [6, 6.07) is 11.7. The summed E-state index contributed by atoms with van der Waals surface area (Å²) in [7, 11) is 0. The summed E-state index contributed by atoms with van der Waals surface area (Å²) >= 11 is 5.67. The Morgan fingerprint density at radius 1 is 1.18 bits per heavy atom. The number of ether oxygens (including phenoxy) is 1. The topological polar surface area (TPSA) is 35.2 Å². The van der Waals surface area contributed by atoms with Gasteiger partial charge in [-0.3, -0.25) is 0 Å². The molecule has 0 bridgehead atoms. The van der Waals surface area contributed by atoms with E-state index in [2.05, 4.69) is 0 Å². The maximum atomic E-state index is 12.9. The quantitative estimate of drug-likeness (QED) is 0.846. The van der Waals surface area contributed by atoms with Gasteiger partial charge in [0, 0.05) is 0 Å². The fourth-order valence-corrected chi connectivity index (χ4v) is 1.61. The van der Waals surface area contributed by atoms with Gasteiger partial charge in [0.25, 0.3) is 0 Å². The van der Waals surface area contributed by atoms with E-state index in [1.165, 1.54) is 12.1 Å². The van der Waals surface area contributed by atoms with E-state index in [1.807, 2.05) is 12.1 Å². The van der Waals surface area contributed by atoms with E-state index < -0.39 is 5.82 Å². The summed E-state index contributed by atoms with van der Waals surface area (Å²) in [5, 5.41) is 0.0899. The summed E-state index contributed by atoms with van der Waals surface area (Å²) in [6.45, 7) is 0.300. The molecule has 0 spiro atoms. The SMILES string of the molecule is Nc1ccccc1OCc1ccc(F)c(Cl)c1. The Balaban J connectivity index is 2.08. The molecule has 0 atom stereocenters. The van der Waals surface area contributed by atoms with Crippen LogP contribution in [0.5, 0.6) is 5.75 Å². The standard InChI is InChI=1S/C13H11ClFNO/c14-10-7-9(5-6-11(10)15)8-17-13-4-2-1-3-12(13)16/h1-7H,8,16H2. The average molecular weight is 252 g/mol. The molecule has 0 saturated carbocycles. The Bertz CT molecular complexity index is 531. The van der Waals surface area contributed by atoms with E-state index in [4.69, 9.17) is 22.1 Å². The largest absolute Gasteiger partial charge is 0.487 e. The van der Waals surface area contributed by atoms with Crippen LogP contribution in [0.15, 0.2) is 42.5 Å². The molecule has 2 aromatic carbocycles. The third-order valence-corrected chi connectivity index (χ3v) is 2.59. The molecule has 17 heavy (non-hydrogen) atoms. The molecule has 0 aliphatic rings. The molecular weight excluding hydrogens is 241 g/mol. The monoisotopic (exact) mass is 251 g/mol. The van der Waals surface area contributed by atoms with Gasteiger partial charge in [0.15, 0.2) is 0 Å². The number of halogens is 2. The van der Waals surface area contributed by atoms with Crippen LogP contribution < -0.4 is 10.5 Å². The van der Waals surface area contributed by atoms with Crippen molar-refractivity contribution in [1.29, 1.82) is 0 Å². The van der Waals surface area contributed by atoms with Gasteiger partial charge in [-0.2, -0.15) is 0 Å². The van der Waals surface area contributed by atoms with Gasteiger partial charge in [-0.05, 0) is 29.8 Å². The summed E-state index contributed by atoms with van der Waals surface area (Å²) in [4.78, 5) is 0. The van der Waals surface area contributed by atoms with Crippen LogP contribution in [-0.2, 0) is 6.61 Å². The lowest BCUT2D eigenvalue weighted by atomic mass is 10.2. The first-order chi connectivity index (χ1) is 8.16. The molecule has 0 heterocycles. The summed E-state index contributed by atoms with van der Waals surface area (Å²) in [5.41, 5.74) is 7.09. The molecule has 0 aromatic heterocycles. The number of nitrogens with two attached hydrogens (primary N) is 1. The van der Waals surface area contributed by atoms with E-state index >= 15 is 0 Å². The van der Waals surface area contributed by atoms with Crippen LogP contribution >= 0.6 is 11.6 Å². The lowest BCUT2D eigenvalue weighted by Gasteiger charge is -2.08. The molecule has 0 radical (unpaired) electrons. The lowest BCUT2D eigenvalue weighted by molar-refractivity contribution is 0.308. The maximum Gasteiger partial charge on any atom is 0.142 e. The summed E-state index contributed by atoms with van der Waals surface area (Å²) in [6.07, 6.45) is 0. The second kappa shape index (κ2) is 5.06. The van der Waals surface area contributed by atoms with Crippen molar-refractivity contribution in [2.75, 3.05) is 5.73 Å². The van der Waals surface area contributed by atoms with Crippen molar-refractivity contribution >= 4 is 17.3 Å². The highest BCUT2D eigenvalue weighted by Gasteiger charge is 2.03. The van der Waals surface area contributed by atoms with Crippen molar-refractivity contribution in [1.82, 2.24) is 0 Å². The predicted molar refractivity (Wildman–Crippen MR) is 66.6 cm³/mol. The number of hydrogen-bond donors (Lipinski definition) is 1. The van der Waals surface area contributed by atoms with Crippen LogP contribution in [0, 0.1) is 5.82 Å². The third kappa shape index (κ3) is 2.88. The van der Waals surface area contributed by atoms with Crippen molar-refractivity contribution in [3.05, 3.63) is 58.9 Å². The Kier molecular flexibility index (Phi) is 3.49. The highest BCUT2D eigenvalue weighted by molar-refractivity contribution is 6.30. The molecule has 2 N–H and O–H groups in total. The van der Waals surface area contributed by atoms with Crippen LogP contribution in [-0.4, -0.2) is 0 Å². The zero-order chi connectivity index (χ0) is 12.3. The first kappa shape index (κ1) is 11.7. The number of rotatable bonds is 3. The van der Waals surface area contributed by atoms with Gasteiger partial charge in [-0.1, -0.05) is 29.8 Å². The Morgan fingerprint density at radius 2 is 1.94 bits per heavy atom. The first-order valence-electron chi connectivity index (χ1n) is 5.08. The molecule has 0 saturated heterocycles. The van der Waals surface area contributed by atoms with E-state index in [-0.39, 0.29) is 5.02 Å². The highest BCUT2D eigenvalue weighted by Crippen LogP contribution is 2.22. The molecular formula is C13H11ClFNO. The van der Waals surface area contributed by atoms with Crippen LogP contribution in [0.25, 0.3) is 0 Å². The van der Waals surface area contributed by atoms with Gasteiger partial charge in [0.2, 0.25) is 0 Å². The van der Waals surface area contributed by atoms with E-state index in [0.717, 1.165) is 5.56 Å². The van der Waals surface area contributed by atoms with Gasteiger partial charge in [0.1, 0.15) is 18.2 Å². The molecule has 0 fully saturated rings.